The van der Waals surface area contributed by atoms with Gasteiger partial charge < -0.3 is 0 Å². The zero-order chi connectivity index (χ0) is 17.8. The van der Waals surface area contributed by atoms with Crippen LogP contribution < -0.4 is 5.69 Å². The van der Waals surface area contributed by atoms with E-state index < -0.39 is 0 Å². The second-order valence-corrected chi connectivity index (χ2v) is 8.23. The zero-order valence-corrected chi connectivity index (χ0v) is 15.6. The lowest BCUT2D eigenvalue weighted by atomic mass is 9.89. The van der Waals surface area contributed by atoms with Crippen LogP contribution in [-0.2, 0) is 19.4 Å². The summed E-state index contributed by atoms with van der Waals surface area (Å²) in [6.07, 6.45) is 6.79. The molecule has 0 aliphatic heterocycles. The molecule has 0 amide bonds. The van der Waals surface area contributed by atoms with Crippen LogP contribution in [0.5, 0.6) is 0 Å². The maximum absolute atomic E-state index is 13.0. The molecule has 4 aromatic rings. The average Bonchev–Trinajstić information content (AvgIpc) is 3.13. The van der Waals surface area contributed by atoms with Gasteiger partial charge in [-0.3, -0.25) is 4.98 Å². The third-order valence-electron chi connectivity index (χ3n) is 5.22. The van der Waals surface area contributed by atoms with E-state index in [0.29, 0.717) is 18.3 Å². The highest BCUT2D eigenvalue weighted by molar-refractivity contribution is 7.19. The number of pyridine rings is 1. The van der Waals surface area contributed by atoms with E-state index in [4.69, 9.17) is 10.1 Å². The van der Waals surface area contributed by atoms with Crippen LogP contribution in [-0.4, -0.2) is 24.1 Å². The first-order chi connectivity index (χ1) is 12.6. The van der Waals surface area contributed by atoms with Crippen molar-refractivity contribution in [2.24, 2.45) is 5.92 Å². The summed E-state index contributed by atoms with van der Waals surface area (Å²) in [6, 6.07) is 3.82. The molecule has 26 heavy (non-hydrogen) atoms. The molecule has 1 atom stereocenters. The molecule has 0 aromatic carbocycles. The molecule has 0 N–H and O–H groups in total. The molecule has 0 bridgehead atoms. The lowest BCUT2D eigenvalue weighted by molar-refractivity contribution is 0.509. The van der Waals surface area contributed by atoms with Crippen LogP contribution in [0.25, 0.3) is 15.9 Å². The van der Waals surface area contributed by atoms with Gasteiger partial charge in [0.05, 0.1) is 11.9 Å². The van der Waals surface area contributed by atoms with Crippen molar-refractivity contribution >= 4 is 27.2 Å². The van der Waals surface area contributed by atoms with Crippen molar-refractivity contribution in [1.82, 2.24) is 24.1 Å². The minimum atomic E-state index is -0.132. The summed E-state index contributed by atoms with van der Waals surface area (Å²) in [6.45, 7) is 4.62. The highest BCUT2D eigenvalue weighted by Gasteiger charge is 2.25. The van der Waals surface area contributed by atoms with Crippen molar-refractivity contribution < 1.29 is 0 Å². The average molecular weight is 365 g/mol. The predicted molar refractivity (Wildman–Crippen MR) is 102 cm³/mol. The fourth-order valence-electron chi connectivity index (χ4n) is 3.87. The highest BCUT2D eigenvalue weighted by Crippen LogP contribution is 2.38. The van der Waals surface area contributed by atoms with E-state index in [1.165, 1.54) is 21.5 Å². The lowest BCUT2D eigenvalue weighted by Crippen LogP contribution is -2.23. The molecule has 5 rings (SSSR count). The number of fused-ring (bicyclic) bond motifs is 5. The molecule has 6 nitrogen and oxygen atoms in total. The number of aryl methyl sites for hydroxylation is 2. The Morgan fingerprint density at radius 1 is 1.31 bits per heavy atom. The van der Waals surface area contributed by atoms with Gasteiger partial charge in [0.2, 0.25) is 0 Å². The Kier molecular flexibility index (Phi) is 3.46. The van der Waals surface area contributed by atoms with Crippen molar-refractivity contribution in [2.45, 2.75) is 39.7 Å². The number of aromatic nitrogens is 5. The molecule has 1 aliphatic carbocycles. The second kappa shape index (κ2) is 5.74. The molecule has 0 fully saturated rings. The normalized spacial score (nSPS) is 17.1. The number of hydrogen-bond acceptors (Lipinski definition) is 5. The maximum Gasteiger partial charge on any atom is 0.352 e. The van der Waals surface area contributed by atoms with E-state index >= 15 is 0 Å². The van der Waals surface area contributed by atoms with Gasteiger partial charge in [0.15, 0.2) is 5.65 Å². The quantitative estimate of drug-likeness (QED) is 0.548. The van der Waals surface area contributed by atoms with Gasteiger partial charge in [-0.05, 0) is 55.4 Å². The highest BCUT2D eigenvalue weighted by atomic mass is 32.1. The summed E-state index contributed by atoms with van der Waals surface area (Å²) in [7, 11) is 0. The third-order valence-corrected chi connectivity index (χ3v) is 6.37. The van der Waals surface area contributed by atoms with Gasteiger partial charge in [-0.25, -0.2) is 18.9 Å². The first-order valence-corrected chi connectivity index (χ1v) is 9.73. The minimum Gasteiger partial charge on any atom is -0.265 e. The molecular weight excluding hydrogens is 346 g/mol. The van der Waals surface area contributed by atoms with E-state index in [1.54, 1.807) is 28.1 Å². The molecule has 4 heterocycles. The Bertz CT molecular complexity index is 1190. The maximum atomic E-state index is 13.0. The number of hydrogen-bond donors (Lipinski definition) is 0. The monoisotopic (exact) mass is 365 g/mol. The van der Waals surface area contributed by atoms with Gasteiger partial charge in [-0.2, -0.15) is 0 Å². The largest absolute Gasteiger partial charge is 0.352 e. The first kappa shape index (κ1) is 15.7. The van der Waals surface area contributed by atoms with Crippen LogP contribution in [0, 0.1) is 12.8 Å². The van der Waals surface area contributed by atoms with Gasteiger partial charge >= 0.3 is 5.69 Å². The van der Waals surface area contributed by atoms with E-state index in [-0.39, 0.29) is 5.69 Å². The van der Waals surface area contributed by atoms with Crippen molar-refractivity contribution in [2.75, 3.05) is 0 Å². The van der Waals surface area contributed by atoms with Gasteiger partial charge in [0.1, 0.15) is 10.7 Å². The minimum absolute atomic E-state index is 0.132. The summed E-state index contributed by atoms with van der Waals surface area (Å²) >= 11 is 1.77. The van der Waals surface area contributed by atoms with E-state index in [2.05, 4.69) is 11.9 Å². The van der Waals surface area contributed by atoms with Gasteiger partial charge in [0.25, 0.3) is 0 Å². The molecular formula is C19H19N5OS. The smallest absolute Gasteiger partial charge is 0.265 e. The molecule has 0 radical (unpaired) electrons. The SMILES string of the molecule is Cc1nc2sc3c(c2c2nn(Cc4ccncc4)c(=O)n12)CCC(C)C3. The summed E-state index contributed by atoms with van der Waals surface area (Å²) < 4.78 is 3.20. The number of thiophene rings is 1. The topological polar surface area (TPSA) is 65.1 Å². The van der Waals surface area contributed by atoms with Crippen molar-refractivity contribution in [3.63, 3.8) is 0 Å². The standard InChI is InChI=1S/C19H19N5OS/c1-11-3-4-14-15(9-11)26-18-16(14)17-22-23(10-13-5-7-20-8-6-13)19(25)24(17)12(2)21-18/h5-8,11H,3-4,9-10H2,1-2H3. The summed E-state index contributed by atoms with van der Waals surface area (Å²) in [5.41, 5.74) is 2.97. The van der Waals surface area contributed by atoms with Crippen LogP contribution in [0.15, 0.2) is 29.3 Å². The Morgan fingerprint density at radius 3 is 2.92 bits per heavy atom. The Labute approximate surface area is 154 Å². The summed E-state index contributed by atoms with van der Waals surface area (Å²) in [5.74, 6) is 1.41. The third kappa shape index (κ3) is 2.30. The lowest BCUT2D eigenvalue weighted by Gasteiger charge is -2.17. The summed E-state index contributed by atoms with van der Waals surface area (Å²) in [5, 5.41) is 5.79. The molecule has 0 saturated heterocycles. The first-order valence-electron chi connectivity index (χ1n) is 8.91. The fraction of sp³-hybridized carbons (Fsp3) is 0.368. The van der Waals surface area contributed by atoms with Crippen LogP contribution in [0.3, 0.4) is 0 Å². The molecule has 132 valence electrons. The molecule has 0 spiro atoms. The fourth-order valence-corrected chi connectivity index (χ4v) is 5.29. The van der Waals surface area contributed by atoms with E-state index in [0.717, 1.165) is 34.3 Å². The van der Waals surface area contributed by atoms with Crippen LogP contribution in [0.4, 0.5) is 0 Å². The van der Waals surface area contributed by atoms with Crippen LogP contribution in [0.2, 0.25) is 0 Å². The van der Waals surface area contributed by atoms with E-state index in [9.17, 15) is 4.79 Å². The molecule has 1 aliphatic rings. The van der Waals surface area contributed by atoms with Gasteiger partial charge in [-0.15, -0.1) is 16.4 Å². The van der Waals surface area contributed by atoms with Gasteiger partial charge in [0, 0.05) is 17.3 Å². The molecule has 0 saturated carbocycles. The number of nitrogens with zero attached hydrogens (tertiary/aromatic N) is 5. The number of rotatable bonds is 2. The van der Waals surface area contributed by atoms with Crippen LogP contribution in [0.1, 0.15) is 35.2 Å². The van der Waals surface area contributed by atoms with Gasteiger partial charge in [-0.1, -0.05) is 6.92 Å². The Morgan fingerprint density at radius 2 is 2.12 bits per heavy atom. The predicted octanol–water partition coefficient (Wildman–Crippen LogP) is 2.98. The Balaban J connectivity index is 1.76. The summed E-state index contributed by atoms with van der Waals surface area (Å²) in [4.78, 5) is 24.1. The molecule has 7 heteroatoms. The van der Waals surface area contributed by atoms with Crippen molar-refractivity contribution in [1.29, 1.82) is 0 Å². The molecule has 1 unspecified atom stereocenters. The van der Waals surface area contributed by atoms with Crippen molar-refractivity contribution in [3.05, 3.63) is 56.8 Å². The second-order valence-electron chi connectivity index (χ2n) is 7.15. The van der Waals surface area contributed by atoms with E-state index in [1.807, 2.05) is 19.1 Å². The van der Waals surface area contributed by atoms with Crippen molar-refractivity contribution in [3.8, 4) is 0 Å². The zero-order valence-electron chi connectivity index (χ0n) is 14.8. The Hall–Kier alpha value is -2.54. The van der Waals surface area contributed by atoms with Crippen LogP contribution >= 0.6 is 11.3 Å². The molecule has 4 aromatic heterocycles.